The Morgan fingerprint density at radius 3 is 2.32 bits per heavy atom. The van der Waals surface area contributed by atoms with Gasteiger partial charge in [0.2, 0.25) is 11.8 Å². The molecule has 4 N–H and O–H groups in total. The number of amides is 3. The summed E-state index contributed by atoms with van der Waals surface area (Å²) in [4.78, 5) is 54.7. The minimum atomic E-state index is -1.73. The SMILES string of the molecule is O=C1NCC[C@@H]1C[C@@H](NC(=O)[C@@H]1C2CCC(CC2)N1C(=O)[C@@](O)(c1ccccc1)C1CCCC1)C(=O)CO. The number of hydrogen-bond donors (Lipinski definition) is 4. The fourth-order valence-electron chi connectivity index (χ4n) is 7.34. The molecule has 38 heavy (non-hydrogen) atoms. The predicted molar refractivity (Wildman–Crippen MR) is 138 cm³/mol. The van der Waals surface area contributed by atoms with Crippen molar-refractivity contribution in [3.63, 3.8) is 0 Å². The highest BCUT2D eigenvalue weighted by molar-refractivity contribution is 5.96. The van der Waals surface area contributed by atoms with E-state index in [1.807, 2.05) is 18.2 Å². The topological polar surface area (TPSA) is 136 Å². The number of aliphatic hydroxyl groups is 2. The Kier molecular flexibility index (Phi) is 7.86. The van der Waals surface area contributed by atoms with Crippen molar-refractivity contribution in [2.24, 2.45) is 17.8 Å². The van der Waals surface area contributed by atoms with E-state index in [0.717, 1.165) is 51.4 Å². The first kappa shape index (κ1) is 26.8. The summed E-state index contributed by atoms with van der Waals surface area (Å²) in [6.07, 6.45) is 7.20. The highest BCUT2D eigenvalue weighted by Gasteiger charge is 2.55. The van der Waals surface area contributed by atoms with Crippen LogP contribution in [0.5, 0.6) is 0 Å². The van der Waals surface area contributed by atoms with Gasteiger partial charge in [-0.25, -0.2) is 0 Å². The van der Waals surface area contributed by atoms with Gasteiger partial charge in [-0.1, -0.05) is 43.2 Å². The molecule has 4 atom stereocenters. The smallest absolute Gasteiger partial charge is 0.260 e. The van der Waals surface area contributed by atoms with Crippen LogP contribution in [0.2, 0.25) is 0 Å². The predicted octanol–water partition coefficient (Wildman–Crippen LogP) is 1.41. The van der Waals surface area contributed by atoms with Crippen molar-refractivity contribution in [2.45, 2.75) is 87.9 Å². The van der Waals surface area contributed by atoms with E-state index in [9.17, 15) is 29.4 Å². The van der Waals surface area contributed by atoms with E-state index >= 15 is 0 Å². The van der Waals surface area contributed by atoms with Crippen LogP contribution in [0.25, 0.3) is 0 Å². The van der Waals surface area contributed by atoms with Gasteiger partial charge in [0, 0.05) is 24.4 Å². The second-order valence-electron chi connectivity index (χ2n) is 11.5. The first-order valence-corrected chi connectivity index (χ1v) is 14.2. The maximum Gasteiger partial charge on any atom is 0.260 e. The van der Waals surface area contributed by atoms with Gasteiger partial charge in [0.1, 0.15) is 12.6 Å². The molecule has 1 aromatic carbocycles. The molecule has 6 rings (SSSR count). The molecule has 9 heteroatoms. The number of ketones is 1. The largest absolute Gasteiger partial charge is 0.389 e. The number of nitrogens with one attached hydrogen (secondary N) is 2. The van der Waals surface area contributed by atoms with Gasteiger partial charge < -0.3 is 25.7 Å². The molecule has 9 nitrogen and oxygen atoms in total. The van der Waals surface area contributed by atoms with Gasteiger partial charge in [0.05, 0.1) is 6.04 Å². The summed E-state index contributed by atoms with van der Waals surface area (Å²) in [7, 11) is 0. The Labute approximate surface area is 223 Å². The number of piperidine rings is 2. The third kappa shape index (κ3) is 4.86. The Bertz CT molecular complexity index is 1050. The average molecular weight is 526 g/mol. The van der Waals surface area contributed by atoms with E-state index in [2.05, 4.69) is 10.6 Å². The second kappa shape index (κ2) is 11.1. The molecule has 2 bridgehead atoms. The van der Waals surface area contributed by atoms with Crippen LogP contribution in [0, 0.1) is 17.8 Å². The van der Waals surface area contributed by atoms with Gasteiger partial charge in [-0.15, -0.1) is 0 Å². The fraction of sp³-hybridized carbons (Fsp3) is 0.655. The normalized spacial score (nSPS) is 29.5. The molecule has 3 saturated heterocycles. The lowest BCUT2D eigenvalue weighted by molar-refractivity contribution is -0.176. The highest BCUT2D eigenvalue weighted by Crippen LogP contribution is 2.46. The molecule has 0 unspecified atom stereocenters. The second-order valence-corrected chi connectivity index (χ2v) is 11.5. The van der Waals surface area contributed by atoms with Crippen LogP contribution in [0.15, 0.2) is 30.3 Å². The standard InChI is InChI=1S/C29H39N3O6/c33-17-24(34)23(16-19-14-15-30-26(19)35)31-27(36)25-18-10-12-22(13-11-18)32(25)28(37)29(38,21-8-4-5-9-21)20-6-2-1-3-7-20/h1-3,6-7,18-19,21-23,25,33,38H,4-5,8-17H2,(H,30,35)(H,31,36)/t18?,19-,22?,23-,25+,29-/m1/s1. The number of Topliss-reactive ketones (excluding diaryl/α,β-unsaturated/α-hetero) is 1. The third-order valence-corrected chi connectivity index (χ3v) is 9.41. The number of aliphatic hydroxyl groups excluding tert-OH is 1. The summed E-state index contributed by atoms with van der Waals surface area (Å²) < 4.78 is 0. The van der Waals surface area contributed by atoms with Crippen LogP contribution < -0.4 is 10.6 Å². The van der Waals surface area contributed by atoms with Crippen LogP contribution in [0.3, 0.4) is 0 Å². The zero-order valence-electron chi connectivity index (χ0n) is 21.8. The fourth-order valence-corrected chi connectivity index (χ4v) is 7.34. The number of benzene rings is 1. The Morgan fingerprint density at radius 1 is 1.03 bits per heavy atom. The molecule has 0 aromatic heterocycles. The zero-order chi connectivity index (χ0) is 26.9. The zero-order valence-corrected chi connectivity index (χ0v) is 21.8. The Hall–Kier alpha value is -2.78. The van der Waals surface area contributed by atoms with Crippen molar-refractivity contribution in [1.29, 1.82) is 0 Å². The molecule has 3 heterocycles. The van der Waals surface area contributed by atoms with E-state index < -0.39 is 47.8 Å². The quantitative estimate of drug-likeness (QED) is 0.385. The van der Waals surface area contributed by atoms with E-state index in [4.69, 9.17) is 0 Å². The summed E-state index contributed by atoms with van der Waals surface area (Å²) in [5.74, 6) is -2.30. The molecular weight excluding hydrogens is 486 g/mol. The van der Waals surface area contributed by atoms with Crippen molar-refractivity contribution in [1.82, 2.24) is 15.5 Å². The third-order valence-electron chi connectivity index (χ3n) is 9.41. The van der Waals surface area contributed by atoms with Gasteiger partial charge in [-0.3, -0.25) is 19.2 Å². The van der Waals surface area contributed by atoms with Crippen molar-refractivity contribution in [2.75, 3.05) is 13.2 Å². The molecule has 1 aromatic rings. The molecule has 2 aliphatic carbocycles. The number of carbonyl (C=O) groups excluding carboxylic acids is 4. The van der Waals surface area contributed by atoms with Crippen LogP contribution in [0.1, 0.15) is 69.8 Å². The highest BCUT2D eigenvalue weighted by atomic mass is 16.3. The maximum atomic E-state index is 14.4. The van der Waals surface area contributed by atoms with E-state index in [0.29, 0.717) is 18.5 Å². The molecule has 2 saturated carbocycles. The number of carbonyl (C=O) groups is 4. The van der Waals surface area contributed by atoms with Crippen molar-refractivity contribution in [3.05, 3.63) is 35.9 Å². The molecule has 206 valence electrons. The van der Waals surface area contributed by atoms with E-state index in [-0.39, 0.29) is 30.2 Å². The molecule has 3 amide bonds. The maximum absolute atomic E-state index is 14.4. The number of nitrogens with zero attached hydrogens (tertiary/aromatic N) is 1. The molecule has 5 fully saturated rings. The summed E-state index contributed by atoms with van der Waals surface area (Å²) in [5.41, 5.74) is -1.17. The molecule has 3 aliphatic heterocycles. The Balaban J connectivity index is 1.44. The molecule has 0 spiro atoms. The number of rotatable bonds is 9. The minimum Gasteiger partial charge on any atom is -0.389 e. The van der Waals surface area contributed by atoms with E-state index in [1.54, 1.807) is 17.0 Å². The first-order valence-electron chi connectivity index (χ1n) is 14.2. The minimum absolute atomic E-state index is 0.0767. The van der Waals surface area contributed by atoms with Gasteiger partial charge >= 0.3 is 0 Å². The van der Waals surface area contributed by atoms with E-state index in [1.165, 1.54) is 0 Å². The lowest BCUT2D eigenvalue weighted by atomic mass is 9.71. The van der Waals surface area contributed by atoms with Crippen LogP contribution >= 0.6 is 0 Å². The van der Waals surface area contributed by atoms with Gasteiger partial charge in [0.15, 0.2) is 11.4 Å². The number of fused-ring (bicyclic) bond motifs is 3. The summed E-state index contributed by atoms with van der Waals surface area (Å²) in [5, 5.41) is 27.3. The molecule has 5 aliphatic rings. The first-order chi connectivity index (χ1) is 18.3. The van der Waals surface area contributed by atoms with Crippen molar-refractivity contribution >= 4 is 23.5 Å². The molecule has 0 radical (unpaired) electrons. The molecular formula is C29H39N3O6. The van der Waals surface area contributed by atoms with Gasteiger partial charge in [-0.2, -0.15) is 0 Å². The summed E-state index contributed by atoms with van der Waals surface area (Å²) in [6.45, 7) is -0.223. The number of hydrogen-bond acceptors (Lipinski definition) is 6. The van der Waals surface area contributed by atoms with Crippen molar-refractivity contribution < 1.29 is 29.4 Å². The van der Waals surface area contributed by atoms with Crippen LogP contribution in [-0.4, -0.2) is 69.9 Å². The van der Waals surface area contributed by atoms with Crippen LogP contribution in [0.4, 0.5) is 0 Å². The lowest BCUT2D eigenvalue weighted by Crippen LogP contribution is -2.67. The van der Waals surface area contributed by atoms with Gasteiger partial charge in [-0.05, 0) is 62.8 Å². The van der Waals surface area contributed by atoms with Gasteiger partial charge in [0.25, 0.3) is 5.91 Å². The summed E-state index contributed by atoms with van der Waals surface area (Å²) >= 11 is 0. The lowest BCUT2D eigenvalue weighted by Gasteiger charge is -2.53. The van der Waals surface area contributed by atoms with Crippen molar-refractivity contribution in [3.8, 4) is 0 Å². The van der Waals surface area contributed by atoms with Crippen LogP contribution in [-0.2, 0) is 24.8 Å². The Morgan fingerprint density at radius 2 is 1.71 bits per heavy atom. The monoisotopic (exact) mass is 525 g/mol. The summed E-state index contributed by atoms with van der Waals surface area (Å²) in [6, 6.07) is 7.09. The average Bonchev–Trinajstić information content (AvgIpc) is 3.64.